The van der Waals surface area contributed by atoms with Crippen LogP contribution in [-0.2, 0) is 52.4 Å². The van der Waals surface area contributed by atoms with Crippen LogP contribution in [0.15, 0.2) is 11.6 Å². The van der Waals surface area contributed by atoms with Crippen molar-refractivity contribution in [2.75, 3.05) is 0 Å². The molecule has 240 valence electrons. The molecule has 2 N–H and O–H groups in total. The SMILES string of the molecule is CCCC(=O)OC1/C(C)=C\[C@@H]2OC(=O)[C@]3(C)O[C@@]23C(OC(C)=O)[C@H]2[C@@H](C)[C@@H](O)C[C@H](OC(C)=O)[C@]2(C)[C@@H](O)[C@H]1OC(C)=O. The van der Waals surface area contributed by atoms with Gasteiger partial charge in [-0.2, -0.15) is 0 Å². The van der Waals surface area contributed by atoms with Crippen LogP contribution in [0, 0.1) is 17.3 Å². The number of carbonyl (C=O) groups is 5. The van der Waals surface area contributed by atoms with Gasteiger partial charge >= 0.3 is 29.8 Å². The summed E-state index contributed by atoms with van der Waals surface area (Å²) in [6.07, 6.45) is -7.59. The Morgan fingerprint density at radius 3 is 2.14 bits per heavy atom. The standard InChI is InChI=1S/C30H42O13/c1-9-10-21(35)42-23-13(2)11-20-30(29(8,43-30)27(37)41-20)26(40-17(6)33)22-14(3)18(34)12-19(38-15(4)31)28(22,7)25(36)24(23)39-16(5)32/h11,14,18-20,22-26,34,36H,9-10,12H2,1-8H3/b13-11-/t14-,18-,19-,20-,22+,23?,24-,25-,26?,28-,29-,30+/m0/s1. The van der Waals surface area contributed by atoms with E-state index in [1.807, 2.05) is 0 Å². The van der Waals surface area contributed by atoms with E-state index in [1.165, 1.54) is 26.8 Å². The molecular formula is C30H42O13. The van der Waals surface area contributed by atoms with Crippen LogP contribution in [0.25, 0.3) is 0 Å². The van der Waals surface area contributed by atoms with Gasteiger partial charge in [0, 0.05) is 44.9 Å². The molecule has 4 rings (SSSR count). The van der Waals surface area contributed by atoms with Gasteiger partial charge in [0.1, 0.15) is 18.3 Å². The molecule has 1 saturated carbocycles. The van der Waals surface area contributed by atoms with Crippen molar-refractivity contribution in [2.24, 2.45) is 17.3 Å². The lowest BCUT2D eigenvalue weighted by atomic mass is 9.52. The maximum Gasteiger partial charge on any atom is 0.342 e. The molecule has 4 aliphatic rings. The summed E-state index contributed by atoms with van der Waals surface area (Å²) in [6, 6.07) is 0. The van der Waals surface area contributed by atoms with Crippen LogP contribution < -0.4 is 0 Å². The molecule has 0 aromatic rings. The lowest BCUT2D eigenvalue weighted by Gasteiger charge is -2.57. The van der Waals surface area contributed by atoms with E-state index in [2.05, 4.69) is 0 Å². The minimum Gasteiger partial charge on any atom is -0.462 e. The zero-order chi connectivity index (χ0) is 32.2. The van der Waals surface area contributed by atoms with Gasteiger partial charge in [-0.1, -0.05) is 20.8 Å². The Morgan fingerprint density at radius 2 is 1.60 bits per heavy atom. The number of aliphatic hydroxyl groups is 2. The van der Waals surface area contributed by atoms with Gasteiger partial charge in [0.05, 0.1) is 6.10 Å². The molecular weight excluding hydrogens is 568 g/mol. The predicted molar refractivity (Wildman–Crippen MR) is 145 cm³/mol. The molecule has 12 atom stereocenters. The van der Waals surface area contributed by atoms with Crippen molar-refractivity contribution in [3.63, 3.8) is 0 Å². The second kappa shape index (κ2) is 11.5. The third-order valence-corrected chi connectivity index (χ3v) is 9.64. The first-order valence-corrected chi connectivity index (χ1v) is 14.6. The van der Waals surface area contributed by atoms with Crippen LogP contribution in [0.3, 0.4) is 0 Å². The number of fused-ring (bicyclic) bond motifs is 1. The van der Waals surface area contributed by atoms with Crippen LogP contribution in [0.2, 0.25) is 0 Å². The van der Waals surface area contributed by atoms with Crippen molar-refractivity contribution < 1.29 is 62.6 Å². The Balaban J connectivity index is 2.06. The summed E-state index contributed by atoms with van der Waals surface area (Å²) in [7, 11) is 0. The van der Waals surface area contributed by atoms with Gasteiger partial charge in [-0.05, 0) is 37.8 Å². The fraction of sp³-hybridized carbons (Fsp3) is 0.767. The Morgan fingerprint density at radius 1 is 1.00 bits per heavy atom. The molecule has 2 unspecified atom stereocenters. The molecule has 2 aliphatic heterocycles. The summed E-state index contributed by atoms with van der Waals surface area (Å²) >= 11 is 0. The van der Waals surface area contributed by atoms with Crippen LogP contribution in [-0.4, -0.2) is 94.0 Å². The predicted octanol–water partition coefficient (Wildman–Crippen LogP) is 1.29. The van der Waals surface area contributed by atoms with Gasteiger partial charge in [-0.3, -0.25) is 19.2 Å². The number of esters is 5. The molecule has 1 spiro atoms. The molecule has 0 bridgehead atoms. The Bertz CT molecular complexity index is 1210. The number of aliphatic hydroxyl groups excluding tert-OH is 2. The first kappa shape index (κ1) is 32.9. The third kappa shape index (κ3) is 5.22. The van der Waals surface area contributed by atoms with Gasteiger partial charge in [0.15, 0.2) is 29.5 Å². The van der Waals surface area contributed by atoms with Gasteiger partial charge < -0.3 is 38.6 Å². The topological polar surface area (TPSA) is 184 Å². The van der Waals surface area contributed by atoms with Crippen molar-refractivity contribution in [2.45, 2.75) is 129 Å². The minimum absolute atomic E-state index is 0.0317. The summed E-state index contributed by atoms with van der Waals surface area (Å²) in [5, 5.41) is 23.6. The zero-order valence-electron chi connectivity index (χ0n) is 25.8. The molecule has 0 radical (unpaired) electrons. The van der Waals surface area contributed by atoms with Crippen LogP contribution >= 0.6 is 0 Å². The monoisotopic (exact) mass is 610 g/mol. The Labute approximate surface area is 250 Å². The largest absolute Gasteiger partial charge is 0.462 e. The first-order chi connectivity index (χ1) is 19.9. The number of hydrogen-bond acceptors (Lipinski definition) is 13. The van der Waals surface area contributed by atoms with Crippen LogP contribution in [0.1, 0.15) is 74.7 Å². The molecule has 13 nitrogen and oxygen atoms in total. The highest BCUT2D eigenvalue weighted by atomic mass is 16.7. The van der Waals surface area contributed by atoms with E-state index in [0.717, 1.165) is 6.92 Å². The minimum atomic E-state index is -1.72. The van der Waals surface area contributed by atoms with Crippen LogP contribution in [0.4, 0.5) is 0 Å². The lowest BCUT2D eigenvalue weighted by Crippen LogP contribution is -2.68. The summed E-state index contributed by atoms with van der Waals surface area (Å²) in [4.78, 5) is 63.6. The molecule has 2 aliphatic carbocycles. The summed E-state index contributed by atoms with van der Waals surface area (Å²) in [5.74, 6) is -5.42. The number of carbonyl (C=O) groups excluding carboxylic acids is 5. The second-order valence-electron chi connectivity index (χ2n) is 12.5. The Kier molecular flexibility index (Phi) is 8.77. The fourth-order valence-electron chi connectivity index (χ4n) is 7.48. The first-order valence-electron chi connectivity index (χ1n) is 14.6. The molecule has 2 heterocycles. The molecule has 3 fully saturated rings. The average Bonchev–Trinajstić information content (AvgIpc) is 3.48. The third-order valence-electron chi connectivity index (χ3n) is 9.64. The smallest absolute Gasteiger partial charge is 0.342 e. The Hall–Kier alpha value is -3.03. The van der Waals surface area contributed by atoms with Gasteiger partial charge in [-0.15, -0.1) is 0 Å². The van der Waals surface area contributed by atoms with Gasteiger partial charge in [0.25, 0.3) is 0 Å². The van der Waals surface area contributed by atoms with E-state index in [9.17, 15) is 34.2 Å². The van der Waals surface area contributed by atoms with Crippen molar-refractivity contribution in [3.05, 3.63) is 11.6 Å². The molecule has 0 aromatic carbocycles. The van der Waals surface area contributed by atoms with E-state index >= 15 is 0 Å². The molecule has 13 heteroatoms. The van der Waals surface area contributed by atoms with Gasteiger partial charge in [-0.25, -0.2) is 4.79 Å². The zero-order valence-corrected chi connectivity index (χ0v) is 25.8. The summed E-state index contributed by atoms with van der Waals surface area (Å²) in [5.41, 5.74) is -4.55. The lowest BCUT2D eigenvalue weighted by molar-refractivity contribution is -0.246. The molecule has 2 saturated heterocycles. The van der Waals surface area contributed by atoms with Crippen molar-refractivity contribution in [1.82, 2.24) is 0 Å². The number of rotatable bonds is 6. The second-order valence-corrected chi connectivity index (χ2v) is 12.5. The fourth-order valence-corrected chi connectivity index (χ4v) is 7.48. The highest BCUT2D eigenvalue weighted by molar-refractivity contribution is 5.89. The van der Waals surface area contributed by atoms with Crippen LogP contribution in [0.5, 0.6) is 0 Å². The number of ether oxygens (including phenoxy) is 6. The van der Waals surface area contributed by atoms with E-state index in [0.29, 0.717) is 6.42 Å². The average molecular weight is 611 g/mol. The van der Waals surface area contributed by atoms with Crippen molar-refractivity contribution in [1.29, 1.82) is 0 Å². The summed E-state index contributed by atoms with van der Waals surface area (Å²) in [6.45, 7) is 11.6. The summed E-state index contributed by atoms with van der Waals surface area (Å²) < 4.78 is 35.1. The van der Waals surface area contributed by atoms with E-state index < -0.39 is 101 Å². The number of epoxide rings is 1. The quantitative estimate of drug-likeness (QED) is 0.190. The highest BCUT2D eigenvalue weighted by Crippen LogP contribution is 2.65. The molecule has 0 amide bonds. The van der Waals surface area contributed by atoms with Gasteiger partial charge in [0.2, 0.25) is 0 Å². The van der Waals surface area contributed by atoms with E-state index in [1.54, 1.807) is 27.7 Å². The highest BCUT2D eigenvalue weighted by Gasteiger charge is 2.87. The van der Waals surface area contributed by atoms with Crippen molar-refractivity contribution in [3.8, 4) is 0 Å². The van der Waals surface area contributed by atoms with Crippen molar-refractivity contribution >= 4 is 29.8 Å². The maximum absolute atomic E-state index is 13.2. The number of hydrogen-bond donors (Lipinski definition) is 2. The van der Waals surface area contributed by atoms with E-state index in [-0.39, 0.29) is 18.4 Å². The molecule has 0 aromatic heterocycles. The van der Waals surface area contributed by atoms with E-state index in [4.69, 9.17) is 28.4 Å². The molecule has 43 heavy (non-hydrogen) atoms. The normalized spacial score (nSPS) is 44.7. The maximum atomic E-state index is 13.2.